The maximum Gasteiger partial charge on any atom is 0.107 e. The molecule has 2 aromatic carbocycles. The Bertz CT molecular complexity index is 574. The van der Waals surface area contributed by atoms with E-state index in [9.17, 15) is 0 Å². The SMILES string of the molecule is COOCc1ccc(CN2CCC(c3ccccc3)CC2)cc1. The van der Waals surface area contributed by atoms with Crippen LogP contribution in [-0.4, -0.2) is 25.1 Å². The molecule has 3 nitrogen and oxygen atoms in total. The molecule has 0 amide bonds. The molecule has 122 valence electrons. The Kier molecular flexibility index (Phi) is 5.81. The molecule has 1 saturated heterocycles. The largest absolute Gasteiger partial charge is 0.299 e. The summed E-state index contributed by atoms with van der Waals surface area (Å²) in [6.07, 6.45) is 2.51. The van der Waals surface area contributed by atoms with Gasteiger partial charge in [-0.2, -0.15) is 0 Å². The Morgan fingerprint density at radius 2 is 1.57 bits per heavy atom. The van der Waals surface area contributed by atoms with E-state index < -0.39 is 0 Å². The highest BCUT2D eigenvalue weighted by Gasteiger charge is 2.20. The van der Waals surface area contributed by atoms with Gasteiger partial charge in [0.1, 0.15) is 6.61 Å². The molecule has 23 heavy (non-hydrogen) atoms. The van der Waals surface area contributed by atoms with Crippen LogP contribution >= 0.6 is 0 Å². The van der Waals surface area contributed by atoms with Gasteiger partial charge in [-0.3, -0.25) is 4.90 Å². The lowest BCUT2D eigenvalue weighted by molar-refractivity contribution is -0.282. The van der Waals surface area contributed by atoms with Crippen molar-refractivity contribution in [3.05, 3.63) is 71.3 Å². The van der Waals surface area contributed by atoms with Gasteiger partial charge in [-0.05, 0) is 48.5 Å². The highest BCUT2D eigenvalue weighted by molar-refractivity contribution is 5.23. The standard InChI is InChI=1S/C20H25NO2/c1-22-23-16-18-9-7-17(8-10-18)15-21-13-11-20(12-14-21)19-5-3-2-4-6-19/h2-10,20H,11-16H2,1H3. The predicted octanol–water partition coefficient (Wildman–Crippen LogP) is 4.14. The molecule has 0 aliphatic carbocycles. The molecule has 0 bridgehead atoms. The van der Waals surface area contributed by atoms with E-state index in [-0.39, 0.29) is 0 Å². The fraction of sp³-hybridized carbons (Fsp3) is 0.400. The lowest BCUT2D eigenvalue weighted by Crippen LogP contribution is -2.32. The van der Waals surface area contributed by atoms with Crippen molar-refractivity contribution in [2.24, 2.45) is 0 Å². The van der Waals surface area contributed by atoms with Crippen LogP contribution in [-0.2, 0) is 22.9 Å². The van der Waals surface area contributed by atoms with Gasteiger partial charge >= 0.3 is 0 Å². The van der Waals surface area contributed by atoms with Crippen molar-refractivity contribution in [2.45, 2.75) is 31.9 Å². The van der Waals surface area contributed by atoms with Crippen molar-refractivity contribution >= 4 is 0 Å². The molecule has 0 atom stereocenters. The van der Waals surface area contributed by atoms with Crippen molar-refractivity contribution < 1.29 is 9.78 Å². The molecule has 2 aromatic rings. The van der Waals surface area contributed by atoms with Crippen molar-refractivity contribution in [1.29, 1.82) is 0 Å². The fourth-order valence-corrected chi connectivity index (χ4v) is 3.28. The van der Waals surface area contributed by atoms with Gasteiger partial charge in [-0.25, -0.2) is 9.78 Å². The molecule has 3 rings (SSSR count). The van der Waals surface area contributed by atoms with E-state index in [4.69, 9.17) is 4.89 Å². The Balaban J connectivity index is 1.49. The van der Waals surface area contributed by atoms with Crippen molar-refractivity contribution in [3.63, 3.8) is 0 Å². The fourth-order valence-electron chi connectivity index (χ4n) is 3.28. The van der Waals surface area contributed by atoms with Gasteiger partial charge < -0.3 is 0 Å². The summed E-state index contributed by atoms with van der Waals surface area (Å²) in [4.78, 5) is 12.1. The monoisotopic (exact) mass is 311 g/mol. The van der Waals surface area contributed by atoms with Gasteiger partial charge in [0.05, 0.1) is 7.11 Å². The number of nitrogens with zero attached hydrogens (tertiary/aromatic N) is 1. The smallest absolute Gasteiger partial charge is 0.107 e. The quantitative estimate of drug-likeness (QED) is 0.591. The number of benzene rings is 2. The molecule has 0 aromatic heterocycles. The number of rotatable bonds is 6. The molecular weight excluding hydrogens is 286 g/mol. The first-order valence-corrected chi connectivity index (χ1v) is 8.36. The molecule has 1 heterocycles. The normalized spacial score (nSPS) is 16.6. The van der Waals surface area contributed by atoms with Crippen LogP contribution in [0.2, 0.25) is 0 Å². The Hall–Kier alpha value is -1.68. The van der Waals surface area contributed by atoms with Crippen LogP contribution in [0.3, 0.4) is 0 Å². The van der Waals surface area contributed by atoms with E-state index in [1.807, 2.05) is 0 Å². The van der Waals surface area contributed by atoms with Crippen LogP contribution in [0.25, 0.3) is 0 Å². The molecule has 0 unspecified atom stereocenters. The Labute approximate surface area is 138 Å². The van der Waals surface area contributed by atoms with Crippen LogP contribution in [0.15, 0.2) is 54.6 Å². The van der Waals surface area contributed by atoms with E-state index >= 15 is 0 Å². The maximum absolute atomic E-state index is 4.95. The third kappa shape index (κ3) is 4.64. The summed E-state index contributed by atoms with van der Waals surface area (Å²) in [6, 6.07) is 19.5. The van der Waals surface area contributed by atoms with E-state index in [0.717, 1.165) is 18.0 Å². The van der Waals surface area contributed by atoms with Gasteiger partial charge in [-0.15, -0.1) is 0 Å². The minimum Gasteiger partial charge on any atom is -0.299 e. The Morgan fingerprint density at radius 3 is 2.22 bits per heavy atom. The molecular formula is C20H25NO2. The maximum atomic E-state index is 4.95. The van der Waals surface area contributed by atoms with Crippen molar-refractivity contribution in [1.82, 2.24) is 4.90 Å². The van der Waals surface area contributed by atoms with Crippen LogP contribution in [0.5, 0.6) is 0 Å². The zero-order chi connectivity index (χ0) is 15.9. The first kappa shape index (κ1) is 16.2. The number of likely N-dealkylation sites (tertiary alicyclic amines) is 1. The summed E-state index contributed by atoms with van der Waals surface area (Å²) in [6.45, 7) is 3.88. The van der Waals surface area contributed by atoms with Crippen LogP contribution in [0, 0.1) is 0 Å². The molecule has 0 radical (unpaired) electrons. The van der Waals surface area contributed by atoms with Crippen molar-refractivity contribution in [2.75, 3.05) is 20.2 Å². The molecule has 1 aliphatic heterocycles. The highest BCUT2D eigenvalue weighted by Crippen LogP contribution is 2.28. The zero-order valence-electron chi connectivity index (χ0n) is 13.8. The topological polar surface area (TPSA) is 21.7 Å². The van der Waals surface area contributed by atoms with Gasteiger partial charge in [0.25, 0.3) is 0 Å². The summed E-state index contributed by atoms with van der Waals surface area (Å²) in [7, 11) is 1.54. The van der Waals surface area contributed by atoms with Gasteiger partial charge in [0.2, 0.25) is 0 Å². The average Bonchev–Trinajstić information content (AvgIpc) is 2.62. The summed E-state index contributed by atoms with van der Waals surface area (Å²) >= 11 is 0. The van der Waals surface area contributed by atoms with E-state index in [1.54, 1.807) is 0 Å². The number of piperidine rings is 1. The minimum absolute atomic E-state index is 0.499. The summed E-state index contributed by atoms with van der Waals surface area (Å²) in [5.41, 5.74) is 4.00. The van der Waals surface area contributed by atoms with Crippen LogP contribution < -0.4 is 0 Å². The second kappa shape index (κ2) is 8.25. The lowest BCUT2D eigenvalue weighted by atomic mass is 9.89. The molecule has 3 heteroatoms. The first-order chi connectivity index (χ1) is 11.3. The third-order valence-corrected chi connectivity index (χ3v) is 4.63. The summed E-state index contributed by atoms with van der Waals surface area (Å²) < 4.78 is 0. The van der Waals surface area contributed by atoms with E-state index in [1.165, 1.54) is 44.2 Å². The minimum atomic E-state index is 0.499. The molecule has 1 fully saturated rings. The second-order valence-corrected chi connectivity index (χ2v) is 6.21. The average molecular weight is 311 g/mol. The lowest BCUT2D eigenvalue weighted by Gasteiger charge is -2.32. The summed E-state index contributed by atoms with van der Waals surface area (Å²) in [5.74, 6) is 0.723. The molecule has 0 N–H and O–H groups in total. The van der Waals surface area contributed by atoms with E-state index in [2.05, 4.69) is 64.4 Å². The number of hydrogen-bond acceptors (Lipinski definition) is 3. The van der Waals surface area contributed by atoms with Gasteiger partial charge in [-0.1, -0.05) is 54.6 Å². The third-order valence-electron chi connectivity index (χ3n) is 4.63. The Morgan fingerprint density at radius 1 is 0.913 bits per heavy atom. The predicted molar refractivity (Wildman–Crippen MR) is 91.9 cm³/mol. The summed E-state index contributed by atoms with van der Waals surface area (Å²) in [5, 5.41) is 0. The van der Waals surface area contributed by atoms with Crippen LogP contribution in [0.4, 0.5) is 0 Å². The molecule has 0 spiro atoms. The number of hydrogen-bond donors (Lipinski definition) is 0. The molecule has 1 aliphatic rings. The molecule has 0 saturated carbocycles. The highest BCUT2D eigenvalue weighted by atomic mass is 17.2. The second-order valence-electron chi connectivity index (χ2n) is 6.21. The van der Waals surface area contributed by atoms with Crippen molar-refractivity contribution in [3.8, 4) is 0 Å². The zero-order valence-corrected chi connectivity index (χ0v) is 13.8. The van der Waals surface area contributed by atoms with Gasteiger partial charge in [0, 0.05) is 6.54 Å². The van der Waals surface area contributed by atoms with E-state index in [0.29, 0.717) is 6.61 Å². The van der Waals surface area contributed by atoms with Gasteiger partial charge in [0.15, 0.2) is 0 Å². The first-order valence-electron chi connectivity index (χ1n) is 8.36. The van der Waals surface area contributed by atoms with Crippen LogP contribution in [0.1, 0.15) is 35.4 Å².